The van der Waals surface area contributed by atoms with E-state index in [0.717, 1.165) is 27.9 Å². The first-order chi connectivity index (χ1) is 14.6. The molecule has 4 heterocycles. The van der Waals surface area contributed by atoms with Crippen LogP contribution in [0.5, 0.6) is 0 Å². The molecule has 0 saturated heterocycles. The third-order valence-electron chi connectivity index (χ3n) is 6.01. The number of carbonyl (C=O) groups is 1. The summed E-state index contributed by atoms with van der Waals surface area (Å²) in [4.78, 5) is 16.7. The van der Waals surface area contributed by atoms with E-state index < -0.39 is 5.82 Å². The van der Waals surface area contributed by atoms with E-state index in [2.05, 4.69) is 16.4 Å². The van der Waals surface area contributed by atoms with Gasteiger partial charge < -0.3 is 5.32 Å². The minimum Gasteiger partial charge on any atom is -0.344 e. The van der Waals surface area contributed by atoms with Crippen LogP contribution >= 0.6 is 0 Å². The van der Waals surface area contributed by atoms with Gasteiger partial charge in [0.2, 0.25) is 0 Å². The summed E-state index contributed by atoms with van der Waals surface area (Å²) in [5.74, 6) is -0.689. The minimum absolute atomic E-state index is 0.117. The Labute approximate surface area is 170 Å². The summed E-state index contributed by atoms with van der Waals surface area (Å²) in [6.07, 6.45) is 5.29. The number of pyridine rings is 2. The number of benzene rings is 1. The first kappa shape index (κ1) is 16.9. The molecule has 1 N–H and O–H groups in total. The molecule has 0 fully saturated rings. The first-order valence-electron chi connectivity index (χ1n) is 9.61. The largest absolute Gasteiger partial charge is 0.344 e. The topological polar surface area (TPSA) is 83.1 Å². The Morgan fingerprint density at radius 3 is 2.90 bits per heavy atom. The Kier molecular flexibility index (Phi) is 3.36. The van der Waals surface area contributed by atoms with Gasteiger partial charge >= 0.3 is 0 Å². The summed E-state index contributed by atoms with van der Waals surface area (Å²) >= 11 is 0. The Bertz CT molecular complexity index is 1420. The maximum Gasteiger partial charge on any atom is 0.252 e. The van der Waals surface area contributed by atoms with Crippen LogP contribution in [-0.2, 0) is 0 Å². The quantitative estimate of drug-likeness (QED) is 0.532. The van der Waals surface area contributed by atoms with Gasteiger partial charge in [0.1, 0.15) is 5.82 Å². The standard InChI is InChI=1S/C23H14FN5O/c24-15-6-14(10-26-11-15)12-4-5-29-19(7-12)21-17-8-18(22(21)28-29)27-23(30)16-3-1-2-13(9-25)20(16)17/h1-7,10-11,17-18H,8H2,(H,27,30). The molecule has 4 aromatic rings. The highest BCUT2D eigenvalue weighted by molar-refractivity contribution is 5.98. The average Bonchev–Trinajstić information content (AvgIpc) is 3.25. The van der Waals surface area contributed by atoms with Gasteiger partial charge in [-0.2, -0.15) is 10.4 Å². The van der Waals surface area contributed by atoms with Crippen LogP contribution in [0.15, 0.2) is 55.0 Å². The molecule has 0 radical (unpaired) electrons. The van der Waals surface area contributed by atoms with Gasteiger partial charge in [0.05, 0.1) is 35.1 Å². The molecule has 6 rings (SSSR count). The molecule has 2 unspecified atom stereocenters. The van der Waals surface area contributed by atoms with Crippen LogP contribution in [0.25, 0.3) is 16.6 Å². The molecule has 0 saturated carbocycles. The van der Waals surface area contributed by atoms with Crippen LogP contribution < -0.4 is 5.32 Å². The first-order valence-corrected chi connectivity index (χ1v) is 9.61. The number of aromatic nitrogens is 3. The molecule has 1 amide bonds. The van der Waals surface area contributed by atoms with Gasteiger partial charge in [-0.05, 0) is 47.9 Å². The highest BCUT2D eigenvalue weighted by Gasteiger charge is 2.42. The molecule has 6 nitrogen and oxygen atoms in total. The maximum atomic E-state index is 13.7. The van der Waals surface area contributed by atoms with Crippen molar-refractivity contribution in [1.29, 1.82) is 5.26 Å². The number of carbonyl (C=O) groups excluding carboxylic acids is 1. The summed E-state index contributed by atoms with van der Waals surface area (Å²) in [6, 6.07) is 12.6. The van der Waals surface area contributed by atoms with E-state index in [4.69, 9.17) is 5.10 Å². The van der Waals surface area contributed by atoms with Crippen molar-refractivity contribution in [3.05, 3.63) is 88.8 Å². The minimum atomic E-state index is -0.395. The van der Waals surface area contributed by atoms with E-state index in [1.165, 1.54) is 12.3 Å². The average molecular weight is 395 g/mol. The Morgan fingerprint density at radius 2 is 2.07 bits per heavy atom. The van der Waals surface area contributed by atoms with E-state index in [0.29, 0.717) is 23.1 Å². The molecule has 30 heavy (non-hydrogen) atoms. The Hall–Kier alpha value is -4.05. The van der Waals surface area contributed by atoms with Crippen molar-refractivity contribution in [3.8, 4) is 17.2 Å². The van der Waals surface area contributed by atoms with Crippen molar-refractivity contribution >= 4 is 11.4 Å². The molecular weight excluding hydrogens is 381 g/mol. The molecule has 0 spiro atoms. The Balaban J connectivity index is 1.61. The lowest BCUT2D eigenvalue weighted by atomic mass is 9.86. The van der Waals surface area contributed by atoms with Gasteiger partial charge in [-0.1, -0.05) is 6.07 Å². The van der Waals surface area contributed by atoms with Crippen molar-refractivity contribution in [2.75, 3.05) is 0 Å². The number of amides is 1. The third kappa shape index (κ3) is 2.25. The molecule has 2 aliphatic rings. The fraction of sp³-hybridized carbons (Fsp3) is 0.130. The fourth-order valence-corrected chi connectivity index (χ4v) is 4.77. The van der Waals surface area contributed by atoms with Crippen LogP contribution in [0.2, 0.25) is 0 Å². The predicted molar refractivity (Wildman–Crippen MR) is 106 cm³/mol. The number of halogens is 1. The van der Waals surface area contributed by atoms with Gasteiger partial charge in [-0.15, -0.1) is 0 Å². The van der Waals surface area contributed by atoms with Crippen LogP contribution in [-0.4, -0.2) is 20.5 Å². The highest BCUT2D eigenvalue weighted by atomic mass is 19.1. The molecule has 7 heteroatoms. The van der Waals surface area contributed by atoms with Gasteiger partial charge in [0.15, 0.2) is 0 Å². The molecule has 144 valence electrons. The second-order valence-electron chi connectivity index (χ2n) is 7.63. The number of fused-ring (bicyclic) bond motifs is 9. The van der Waals surface area contributed by atoms with Gasteiger partial charge in [0, 0.05) is 35.0 Å². The summed E-state index contributed by atoms with van der Waals surface area (Å²) in [6.45, 7) is 0. The van der Waals surface area contributed by atoms with Crippen LogP contribution in [0, 0.1) is 17.1 Å². The van der Waals surface area contributed by atoms with E-state index in [1.54, 1.807) is 28.9 Å². The number of hydrogen-bond acceptors (Lipinski definition) is 4. The van der Waals surface area contributed by atoms with E-state index in [-0.39, 0.29) is 17.9 Å². The summed E-state index contributed by atoms with van der Waals surface area (Å²) < 4.78 is 15.5. The monoisotopic (exact) mass is 395 g/mol. The van der Waals surface area contributed by atoms with Crippen molar-refractivity contribution in [1.82, 2.24) is 19.9 Å². The molecule has 3 aromatic heterocycles. The van der Waals surface area contributed by atoms with E-state index in [1.807, 2.05) is 18.3 Å². The summed E-state index contributed by atoms with van der Waals surface area (Å²) in [5.41, 5.74) is 6.02. The van der Waals surface area contributed by atoms with Crippen LogP contribution in [0.3, 0.4) is 0 Å². The summed E-state index contributed by atoms with van der Waals surface area (Å²) in [5, 5.41) is 17.5. The van der Waals surface area contributed by atoms with Crippen molar-refractivity contribution < 1.29 is 9.18 Å². The molecule has 1 aromatic carbocycles. The van der Waals surface area contributed by atoms with Gasteiger partial charge in [-0.25, -0.2) is 8.91 Å². The lowest BCUT2D eigenvalue weighted by molar-refractivity contribution is 0.0939. The van der Waals surface area contributed by atoms with Gasteiger partial charge in [-0.3, -0.25) is 9.78 Å². The maximum absolute atomic E-state index is 13.7. The zero-order valence-electron chi connectivity index (χ0n) is 15.6. The number of nitriles is 1. The summed E-state index contributed by atoms with van der Waals surface area (Å²) in [7, 11) is 0. The predicted octanol–water partition coefficient (Wildman–Crippen LogP) is 3.73. The normalized spacial score (nSPS) is 19.0. The van der Waals surface area contributed by atoms with Crippen molar-refractivity contribution in [2.45, 2.75) is 18.4 Å². The highest BCUT2D eigenvalue weighted by Crippen LogP contribution is 2.49. The SMILES string of the molecule is N#Cc1cccc2c1C1CC(NC2=O)c2nn3ccc(-c4cncc(F)c4)cc3c21. The van der Waals surface area contributed by atoms with Crippen molar-refractivity contribution in [2.24, 2.45) is 0 Å². The number of hydrogen-bond donors (Lipinski definition) is 1. The fourth-order valence-electron chi connectivity index (χ4n) is 4.77. The Morgan fingerprint density at radius 1 is 1.17 bits per heavy atom. The second-order valence-corrected chi connectivity index (χ2v) is 7.63. The molecule has 1 aliphatic carbocycles. The van der Waals surface area contributed by atoms with Gasteiger partial charge in [0.25, 0.3) is 5.91 Å². The zero-order valence-corrected chi connectivity index (χ0v) is 15.6. The smallest absolute Gasteiger partial charge is 0.252 e. The number of nitrogens with zero attached hydrogens (tertiary/aromatic N) is 4. The lowest BCUT2D eigenvalue weighted by Gasteiger charge is -2.16. The number of nitrogens with one attached hydrogen (secondary N) is 1. The van der Waals surface area contributed by atoms with E-state index >= 15 is 0 Å². The molecule has 2 atom stereocenters. The molecular formula is C23H14FN5O. The van der Waals surface area contributed by atoms with Crippen LogP contribution in [0.1, 0.15) is 51.1 Å². The van der Waals surface area contributed by atoms with Crippen LogP contribution in [0.4, 0.5) is 4.39 Å². The number of rotatable bonds is 1. The molecule has 1 aliphatic heterocycles. The lowest BCUT2D eigenvalue weighted by Crippen LogP contribution is -2.27. The van der Waals surface area contributed by atoms with E-state index in [9.17, 15) is 14.4 Å². The molecule has 2 bridgehead atoms. The third-order valence-corrected chi connectivity index (χ3v) is 6.01. The second kappa shape index (κ2) is 5.97. The van der Waals surface area contributed by atoms with Crippen molar-refractivity contribution in [3.63, 3.8) is 0 Å². The zero-order chi connectivity index (χ0) is 20.4.